The van der Waals surface area contributed by atoms with Crippen molar-refractivity contribution in [3.8, 4) is 0 Å². The standard InChI is InChI=1S/C15H23N5O/c1-18(2)13-6-7-16-15(17-13)20-10-12(11-20)14(21)19-8-4-3-5-9-19/h6-7,12H,3-5,8-11H2,1-2H3. The zero-order valence-corrected chi connectivity index (χ0v) is 12.8. The molecule has 114 valence electrons. The molecule has 1 amide bonds. The minimum atomic E-state index is 0.120. The zero-order chi connectivity index (χ0) is 14.8. The minimum Gasteiger partial charge on any atom is -0.363 e. The van der Waals surface area contributed by atoms with Crippen LogP contribution in [0.5, 0.6) is 0 Å². The number of amides is 1. The summed E-state index contributed by atoms with van der Waals surface area (Å²) in [7, 11) is 3.93. The molecule has 6 nitrogen and oxygen atoms in total. The van der Waals surface area contributed by atoms with Gasteiger partial charge in [0.05, 0.1) is 5.92 Å². The molecular formula is C15H23N5O. The van der Waals surface area contributed by atoms with E-state index in [1.165, 1.54) is 6.42 Å². The smallest absolute Gasteiger partial charge is 0.229 e. The van der Waals surface area contributed by atoms with Gasteiger partial charge in [0.1, 0.15) is 5.82 Å². The number of hydrogen-bond acceptors (Lipinski definition) is 5. The maximum absolute atomic E-state index is 12.4. The molecule has 2 fully saturated rings. The summed E-state index contributed by atoms with van der Waals surface area (Å²) in [5, 5.41) is 0. The maximum Gasteiger partial charge on any atom is 0.229 e. The van der Waals surface area contributed by atoms with Crippen molar-refractivity contribution in [1.82, 2.24) is 14.9 Å². The fourth-order valence-electron chi connectivity index (χ4n) is 2.91. The van der Waals surface area contributed by atoms with Crippen molar-refractivity contribution in [2.24, 2.45) is 5.92 Å². The lowest BCUT2D eigenvalue weighted by Crippen LogP contribution is -2.55. The van der Waals surface area contributed by atoms with Gasteiger partial charge in [0.25, 0.3) is 0 Å². The number of likely N-dealkylation sites (tertiary alicyclic amines) is 1. The number of anilines is 2. The Bertz CT molecular complexity index is 507. The highest BCUT2D eigenvalue weighted by molar-refractivity contribution is 5.81. The third kappa shape index (κ3) is 2.94. The van der Waals surface area contributed by atoms with Crippen molar-refractivity contribution >= 4 is 17.7 Å². The second-order valence-electron chi connectivity index (χ2n) is 6.10. The van der Waals surface area contributed by atoms with Crippen molar-refractivity contribution in [3.63, 3.8) is 0 Å². The van der Waals surface area contributed by atoms with Crippen molar-refractivity contribution in [2.45, 2.75) is 19.3 Å². The number of nitrogens with zero attached hydrogens (tertiary/aromatic N) is 5. The summed E-state index contributed by atoms with van der Waals surface area (Å²) >= 11 is 0. The molecule has 0 atom stereocenters. The van der Waals surface area contributed by atoms with E-state index in [1.807, 2.05) is 30.0 Å². The van der Waals surface area contributed by atoms with Crippen LogP contribution in [-0.2, 0) is 4.79 Å². The van der Waals surface area contributed by atoms with Gasteiger partial charge in [-0.15, -0.1) is 0 Å². The molecule has 2 aliphatic rings. The highest BCUT2D eigenvalue weighted by atomic mass is 16.2. The summed E-state index contributed by atoms with van der Waals surface area (Å²) in [6.07, 6.45) is 5.33. The lowest BCUT2D eigenvalue weighted by atomic mass is 9.97. The monoisotopic (exact) mass is 289 g/mol. The highest BCUT2D eigenvalue weighted by Crippen LogP contribution is 2.25. The Morgan fingerprint density at radius 2 is 1.95 bits per heavy atom. The third-order valence-corrected chi connectivity index (χ3v) is 4.27. The Morgan fingerprint density at radius 3 is 2.62 bits per heavy atom. The molecule has 21 heavy (non-hydrogen) atoms. The van der Waals surface area contributed by atoms with Crippen LogP contribution in [0.3, 0.4) is 0 Å². The van der Waals surface area contributed by atoms with Crippen LogP contribution in [0.1, 0.15) is 19.3 Å². The Kier molecular flexibility index (Phi) is 3.94. The molecule has 0 aromatic carbocycles. The first-order valence-electron chi connectivity index (χ1n) is 7.69. The number of aromatic nitrogens is 2. The second kappa shape index (κ2) is 5.87. The summed E-state index contributed by atoms with van der Waals surface area (Å²) in [4.78, 5) is 27.3. The molecule has 0 N–H and O–H groups in total. The molecule has 3 rings (SSSR count). The van der Waals surface area contributed by atoms with Gasteiger partial charge in [-0.3, -0.25) is 4.79 Å². The maximum atomic E-state index is 12.4. The normalized spacial score (nSPS) is 19.3. The molecule has 0 spiro atoms. The molecule has 3 heterocycles. The van der Waals surface area contributed by atoms with Gasteiger partial charge < -0.3 is 14.7 Å². The molecular weight excluding hydrogens is 266 g/mol. The summed E-state index contributed by atoms with van der Waals surface area (Å²) in [6.45, 7) is 3.35. The van der Waals surface area contributed by atoms with Gasteiger partial charge in [0, 0.05) is 46.5 Å². The fourth-order valence-corrected chi connectivity index (χ4v) is 2.91. The van der Waals surface area contributed by atoms with Gasteiger partial charge in [-0.25, -0.2) is 4.98 Å². The summed E-state index contributed by atoms with van der Waals surface area (Å²) < 4.78 is 0. The van der Waals surface area contributed by atoms with E-state index < -0.39 is 0 Å². The molecule has 1 aromatic rings. The van der Waals surface area contributed by atoms with Crippen LogP contribution >= 0.6 is 0 Å². The van der Waals surface area contributed by atoms with Crippen LogP contribution in [0, 0.1) is 5.92 Å². The zero-order valence-electron chi connectivity index (χ0n) is 12.8. The molecule has 0 aliphatic carbocycles. The number of hydrogen-bond donors (Lipinski definition) is 0. The Hall–Kier alpha value is -1.85. The van der Waals surface area contributed by atoms with Gasteiger partial charge in [-0.05, 0) is 25.3 Å². The lowest BCUT2D eigenvalue weighted by molar-refractivity contribution is -0.137. The number of carbonyl (C=O) groups is 1. The number of carbonyl (C=O) groups excluding carboxylic acids is 1. The van der Waals surface area contributed by atoms with Gasteiger partial charge in [0.15, 0.2) is 0 Å². The Morgan fingerprint density at radius 1 is 1.24 bits per heavy atom. The van der Waals surface area contributed by atoms with E-state index in [2.05, 4.69) is 14.9 Å². The van der Waals surface area contributed by atoms with Crippen LogP contribution in [-0.4, -0.2) is 61.0 Å². The van der Waals surface area contributed by atoms with Crippen LogP contribution in [0.4, 0.5) is 11.8 Å². The largest absolute Gasteiger partial charge is 0.363 e. The Labute approximate surface area is 125 Å². The van der Waals surface area contributed by atoms with Crippen LogP contribution < -0.4 is 9.80 Å². The first-order chi connectivity index (χ1) is 10.1. The summed E-state index contributed by atoms with van der Waals surface area (Å²) in [6, 6.07) is 1.89. The molecule has 2 saturated heterocycles. The molecule has 2 aliphatic heterocycles. The van der Waals surface area contributed by atoms with Crippen molar-refractivity contribution in [1.29, 1.82) is 0 Å². The van der Waals surface area contributed by atoms with E-state index in [9.17, 15) is 4.79 Å². The fraction of sp³-hybridized carbons (Fsp3) is 0.667. The van der Waals surface area contributed by atoms with E-state index in [-0.39, 0.29) is 5.92 Å². The second-order valence-corrected chi connectivity index (χ2v) is 6.10. The molecule has 0 radical (unpaired) electrons. The van der Waals surface area contributed by atoms with Crippen LogP contribution in [0.15, 0.2) is 12.3 Å². The Balaban J connectivity index is 1.57. The van der Waals surface area contributed by atoms with Gasteiger partial charge >= 0.3 is 0 Å². The SMILES string of the molecule is CN(C)c1ccnc(N2CC(C(=O)N3CCCCC3)C2)n1. The summed E-state index contributed by atoms with van der Waals surface area (Å²) in [5.74, 6) is 2.05. The van der Waals surface area contributed by atoms with E-state index in [4.69, 9.17) is 0 Å². The average Bonchev–Trinajstić information content (AvgIpc) is 2.47. The van der Waals surface area contributed by atoms with Crippen molar-refractivity contribution in [3.05, 3.63) is 12.3 Å². The predicted octanol–water partition coefficient (Wildman–Crippen LogP) is 0.991. The number of rotatable bonds is 3. The third-order valence-electron chi connectivity index (χ3n) is 4.27. The van der Waals surface area contributed by atoms with Gasteiger partial charge in [-0.1, -0.05) is 0 Å². The van der Waals surface area contributed by atoms with Crippen molar-refractivity contribution < 1.29 is 4.79 Å². The highest BCUT2D eigenvalue weighted by Gasteiger charge is 2.37. The first-order valence-corrected chi connectivity index (χ1v) is 7.69. The molecule has 6 heteroatoms. The number of piperidine rings is 1. The lowest BCUT2D eigenvalue weighted by Gasteiger charge is -2.41. The average molecular weight is 289 g/mol. The van der Waals surface area contributed by atoms with Crippen LogP contribution in [0.25, 0.3) is 0 Å². The molecule has 0 saturated carbocycles. The van der Waals surface area contributed by atoms with Gasteiger partial charge in [-0.2, -0.15) is 4.98 Å². The minimum absolute atomic E-state index is 0.120. The van der Waals surface area contributed by atoms with E-state index >= 15 is 0 Å². The summed E-state index contributed by atoms with van der Waals surface area (Å²) in [5.41, 5.74) is 0. The van der Waals surface area contributed by atoms with E-state index in [0.29, 0.717) is 5.91 Å². The topological polar surface area (TPSA) is 52.6 Å². The predicted molar refractivity (Wildman–Crippen MR) is 82.5 cm³/mol. The van der Waals surface area contributed by atoms with Crippen molar-refractivity contribution in [2.75, 3.05) is 50.1 Å². The van der Waals surface area contributed by atoms with Crippen LogP contribution in [0.2, 0.25) is 0 Å². The molecule has 0 bridgehead atoms. The van der Waals surface area contributed by atoms with E-state index in [0.717, 1.165) is 50.8 Å². The first kappa shape index (κ1) is 14.1. The quantitative estimate of drug-likeness (QED) is 0.830. The molecule has 1 aromatic heterocycles. The molecule has 0 unspecified atom stereocenters. The van der Waals surface area contributed by atoms with E-state index in [1.54, 1.807) is 6.20 Å². The van der Waals surface area contributed by atoms with Gasteiger partial charge in [0.2, 0.25) is 11.9 Å².